The average Bonchev–Trinajstić information content (AvgIpc) is 2.83. The van der Waals surface area contributed by atoms with Crippen LogP contribution in [0.2, 0.25) is 0 Å². The van der Waals surface area contributed by atoms with Crippen molar-refractivity contribution >= 4 is 23.2 Å². The first-order valence-corrected chi connectivity index (χ1v) is 9.93. The lowest BCUT2D eigenvalue weighted by Gasteiger charge is -2.10. The summed E-state index contributed by atoms with van der Waals surface area (Å²) in [6, 6.07) is 23.0. The van der Waals surface area contributed by atoms with Gasteiger partial charge in [-0.15, -0.1) is 0 Å². The quantitative estimate of drug-likeness (QED) is 0.322. The third kappa shape index (κ3) is 5.92. The van der Waals surface area contributed by atoms with Crippen molar-refractivity contribution in [1.82, 2.24) is 9.97 Å². The molecule has 0 bridgehead atoms. The van der Waals surface area contributed by atoms with Crippen LogP contribution in [0.25, 0.3) is 0 Å². The van der Waals surface area contributed by atoms with Gasteiger partial charge in [0, 0.05) is 11.4 Å². The number of nitrogens with zero attached hydrogens (tertiary/aromatic N) is 2. The standard InChI is InChI=1S/C25H19FN4O3/c1-2-23(31)28-17-7-6-8-18(15-17)29-25-27-16-22(26)24(30-25)33-21-13-11-20(12-14-21)32-19-9-4-3-5-10-19/h2-16H,1H2,(H,28,31)(H,27,29,30). The van der Waals surface area contributed by atoms with Gasteiger partial charge in [-0.1, -0.05) is 30.8 Å². The van der Waals surface area contributed by atoms with Crippen LogP contribution in [0.4, 0.5) is 21.7 Å². The number of carbonyl (C=O) groups is 1. The lowest BCUT2D eigenvalue weighted by Crippen LogP contribution is -2.07. The number of nitrogens with one attached hydrogen (secondary N) is 2. The molecule has 0 saturated heterocycles. The van der Waals surface area contributed by atoms with E-state index in [0.717, 1.165) is 6.20 Å². The molecule has 1 aromatic heterocycles. The summed E-state index contributed by atoms with van der Waals surface area (Å²) in [5.74, 6) is 0.550. The summed E-state index contributed by atoms with van der Waals surface area (Å²) in [6.45, 7) is 3.42. The van der Waals surface area contributed by atoms with E-state index in [1.165, 1.54) is 6.08 Å². The first-order chi connectivity index (χ1) is 16.1. The Labute approximate surface area is 189 Å². The van der Waals surface area contributed by atoms with E-state index in [1.54, 1.807) is 48.5 Å². The molecule has 0 saturated carbocycles. The van der Waals surface area contributed by atoms with Crippen molar-refractivity contribution < 1.29 is 18.7 Å². The molecule has 7 nitrogen and oxygen atoms in total. The Balaban J connectivity index is 1.45. The summed E-state index contributed by atoms with van der Waals surface area (Å²) in [5, 5.41) is 5.62. The van der Waals surface area contributed by atoms with E-state index in [2.05, 4.69) is 27.2 Å². The SMILES string of the molecule is C=CC(=O)Nc1cccc(Nc2ncc(F)c(Oc3ccc(Oc4ccccc4)cc3)n2)c1. The fraction of sp³-hybridized carbons (Fsp3) is 0. The van der Waals surface area contributed by atoms with Crippen molar-refractivity contribution in [3.8, 4) is 23.1 Å². The normalized spacial score (nSPS) is 10.2. The highest BCUT2D eigenvalue weighted by Gasteiger charge is 2.11. The molecule has 1 amide bonds. The number of amides is 1. The molecule has 0 aliphatic rings. The first kappa shape index (κ1) is 21.5. The number of aromatic nitrogens is 2. The molecule has 0 aliphatic heterocycles. The van der Waals surface area contributed by atoms with Gasteiger partial charge in [-0.25, -0.2) is 4.98 Å². The van der Waals surface area contributed by atoms with Crippen LogP contribution < -0.4 is 20.1 Å². The number of rotatable bonds is 8. The largest absolute Gasteiger partial charge is 0.457 e. The number of para-hydroxylation sites is 1. The Morgan fingerprint density at radius 1 is 0.879 bits per heavy atom. The van der Waals surface area contributed by atoms with Gasteiger partial charge in [0.1, 0.15) is 17.2 Å². The third-order valence-corrected chi connectivity index (χ3v) is 4.30. The maximum atomic E-state index is 14.2. The van der Waals surface area contributed by atoms with Gasteiger partial charge in [0.2, 0.25) is 17.7 Å². The maximum absolute atomic E-state index is 14.2. The number of carbonyl (C=O) groups excluding carboxylic acids is 1. The second kappa shape index (κ2) is 10.1. The molecule has 33 heavy (non-hydrogen) atoms. The van der Waals surface area contributed by atoms with Crippen molar-refractivity contribution in [3.05, 3.63) is 104 Å². The molecule has 4 aromatic rings. The number of hydrogen-bond donors (Lipinski definition) is 2. The van der Waals surface area contributed by atoms with Crippen molar-refractivity contribution in [1.29, 1.82) is 0 Å². The van der Waals surface area contributed by atoms with Crippen LogP contribution >= 0.6 is 0 Å². The van der Waals surface area contributed by atoms with E-state index in [4.69, 9.17) is 9.47 Å². The van der Waals surface area contributed by atoms with Crippen LogP contribution in [0.1, 0.15) is 0 Å². The molecule has 8 heteroatoms. The summed E-state index contributed by atoms with van der Waals surface area (Å²) >= 11 is 0. The van der Waals surface area contributed by atoms with E-state index in [9.17, 15) is 9.18 Å². The fourth-order valence-corrected chi connectivity index (χ4v) is 2.79. The summed E-state index contributed by atoms with van der Waals surface area (Å²) in [7, 11) is 0. The highest BCUT2D eigenvalue weighted by molar-refractivity contribution is 5.99. The lowest BCUT2D eigenvalue weighted by molar-refractivity contribution is -0.111. The van der Waals surface area contributed by atoms with Crippen LogP contribution in [0.15, 0.2) is 97.7 Å². The molecule has 0 unspecified atom stereocenters. The van der Waals surface area contributed by atoms with Gasteiger partial charge in [-0.05, 0) is 60.7 Å². The van der Waals surface area contributed by atoms with Crippen LogP contribution in [-0.4, -0.2) is 15.9 Å². The predicted octanol–water partition coefficient (Wildman–Crippen LogP) is 6.07. The van der Waals surface area contributed by atoms with Gasteiger partial charge >= 0.3 is 0 Å². The second-order valence-corrected chi connectivity index (χ2v) is 6.73. The number of halogens is 1. The summed E-state index contributed by atoms with van der Waals surface area (Å²) in [4.78, 5) is 19.5. The molecular formula is C25H19FN4O3. The Bertz CT molecular complexity index is 1260. The molecule has 3 aromatic carbocycles. The van der Waals surface area contributed by atoms with Crippen LogP contribution in [0.5, 0.6) is 23.1 Å². The summed E-state index contributed by atoms with van der Waals surface area (Å²) < 4.78 is 25.6. The van der Waals surface area contributed by atoms with Gasteiger partial charge < -0.3 is 20.1 Å². The highest BCUT2D eigenvalue weighted by atomic mass is 19.1. The molecule has 2 N–H and O–H groups in total. The predicted molar refractivity (Wildman–Crippen MR) is 124 cm³/mol. The Morgan fingerprint density at radius 2 is 1.55 bits per heavy atom. The lowest BCUT2D eigenvalue weighted by atomic mass is 10.2. The smallest absolute Gasteiger partial charge is 0.260 e. The van der Waals surface area contributed by atoms with E-state index in [1.807, 2.05) is 30.3 Å². The van der Waals surface area contributed by atoms with Gasteiger partial charge in [-0.3, -0.25) is 4.79 Å². The maximum Gasteiger partial charge on any atom is 0.260 e. The minimum Gasteiger partial charge on any atom is -0.457 e. The number of anilines is 3. The topological polar surface area (TPSA) is 85.4 Å². The zero-order valence-electron chi connectivity index (χ0n) is 17.4. The molecule has 1 heterocycles. The summed E-state index contributed by atoms with van der Waals surface area (Å²) in [6.07, 6.45) is 2.19. The Morgan fingerprint density at radius 3 is 2.27 bits per heavy atom. The Hall–Kier alpha value is -4.72. The number of benzene rings is 3. The minimum atomic E-state index is -0.711. The number of hydrogen-bond acceptors (Lipinski definition) is 6. The van der Waals surface area contributed by atoms with E-state index in [0.29, 0.717) is 28.6 Å². The van der Waals surface area contributed by atoms with Crippen molar-refractivity contribution in [2.24, 2.45) is 0 Å². The molecule has 0 aliphatic carbocycles. The summed E-state index contributed by atoms with van der Waals surface area (Å²) in [5.41, 5.74) is 1.15. The average molecular weight is 442 g/mol. The van der Waals surface area contributed by atoms with Crippen LogP contribution in [0.3, 0.4) is 0 Å². The number of ether oxygens (including phenoxy) is 2. The fourth-order valence-electron chi connectivity index (χ4n) is 2.79. The third-order valence-electron chi connectivity index (χ3n) is 4.30. The van der Waals surface area contributed by atoms with Crippen LogP contribution in [-0.2, 0) is 4.79 Å². The minimum absolute atomic E-state index is 0.127. The van der Waals surface area contributed by atoms with Crippen molar-refractivity contribution in [3.63, 3.8) is 0 Å². The van der Waals surface area contributed by atoms with E-state index >= 15 is 0 Å². The zero-order valence-corrected chi connectivity index (χ0v) is 17.4. The molecule has 164 valence electrons. The van der Waals surface area contributed by atoms with Crippen molar-refractivity contribution in [2.75, 3.05) is 10.6 Å². The highest BCUT2D eigenvalue weighted by Crippen LogP contribution is 2.28. The van der Waals surface area contributed by atoms with Crippen LogP contribution in [0, 0.1) is 5.82 Å². The second-order valence-electron chi connectivity index (χ2n) is 6.73. The van der Waals surface area contributed by atoms with Gasteiger partial charge in [0.05, 0.1) is 6.20 Å². The molecule has 0 radical (unpaired) electrons. The zero-order chi connectivity index (χ0) is 23.0. The molecule has 0 atom stereocenters. The first-order valence-electron chi connectivity index (χ1n) is 9.93. The van der Waals surface area contributed by atoms with Gasteiger partial charge in [0.15, 0.2) is 0 Å². The van der Waals surface area contributed by atoms with Crippen molar-refractivity contribution in [2.45, 2.75) is 0 Å². The van der Waals surface area contributed by atoms with Gasteiger partial charge in [0.25, 0.3) is 5.88 Å². The van der Waals surface area contributed by atoms with E-state index in [-0.39, 0.29) is 17.7 Å². The molecular weight excluding hydrogens is 423 g/mol. The van der Waals surface area contributed by atoms with Gasteiger partial charge in [-0.2, -0.15) is 9.37 Å². The molecule has 0 fully saturated rings. The molecule has 0 spiro atoms. The molecule has 4 rings (SSSR count). The Kier molecular flexibility index (Phi) is 6.56. The van der Waals surface area contributed by atoms with E-state index < -0.39 is 5.82 Å². The monoisotopic (exact) mass is 442 g/mol.